The number of nitrogens with zero attached hydrogens (tertiary/aromatic N) is 2. The fourth-order valence-electron chi connectivity index (χ4n) is 5.31. The van der Waals surface area contributed by atoms with Crippen molar-refractivity contribution in [3.63, 3.8) is 0 Å². The van der Waals surface area contributed by atoms with Gasteiger partial charge in [0.25, 0.3) is 3.79 Å². The topological polar surface area (TPSA) is 116 Å². The van der Waals surface area contributed by atoms with E-state index in [1.807, 2.05) is 78.9 Å². The van der Waals surface area contributed by atoms with Crippen LogP contribution in [0.25, 0.3) is 0 Å². The van der Waals surface area contributed by atoms with Gasteiger partial charge in [-0.25, -0.2) is 14.6 Å². The molecule has 0 bridgehead atoms. The first-order chi connectivity index (χ1) is 22.3. The third-order valence-corrected chi connectivity index (χ3v) is 7.88. The first-order valence-electron chi connectivity index (χ1n) is 14.9. The first-order valence-corrected chi connectivity index (χ1v) is 16.0. The van der Waals surface area contributed by atoms with E-state index in [-0.39, 0.29) is 19.0 Å². The van der Waals surface area contributed by atoms with Crippen molar-refractivity contribution < 1.29 is 33.3 Å². The number of ether oxygens (including phenoxy) is 4. The number of halogens is 3. The molecule has 0 aliphatic carbocycles. The van der Waals surface area contributed by atoms with Crippen LogP contribution in [0.5, 0.6) is 0 Å². The molecule has 13 heteroatoms. The molecule has 10 nitrogen and oxygen atoms in total. The van der Waals surface area contributed by atoms with Crippen LogP contribution in [-0.2, 0) is 30.3 Å². The zero-order valence-corrected chi connectivity index (χ0v) is 28.1. The summed E-state index contributed by atoms with van der Waals surface area (Å²) in [5.41, 5.74) is 1.31. The van der Waals surface area contributed by atoms with E-state index in [1.165, 1.54) is 4.90 Å². The van der Waals surface area contributed by atoms with Crippen molar-refractivity contribution in [2.24, 2.45) is 10.9 Å². The third kappa shape index (κ3) is 8.68. The number of aliphatic imine (C=N–C) groups is 1. The summed E-state index contributed by atoms with van der Waals surface area (Å²) in [6.45, 7) is 4.78. The summed E-state index contributed by atoms with van der Waals surface area (Å²) in [6, 6.07) is 26.5. The van der Waals surface area contributed by atoms with Crippen LogP contribution in [-0.4, -0.2) is 63.2 Å². The number of carbonyl (C=O) groups excluding carboxylic acids is 3. The molecule has 1 fully saturated rings. The summed E-state index contributed by atoms with van der Waals surface area (Å²) in [7, 11) is 0. The Kier molecular flexibility index (Phi) is 10.5. The molecule has 0 saturated carbocycles. The van der Waals surface area contributed by atoms with Gasteiger partial charge in [0.15, 0.2) is 12.2 Å². The van der Waals surface area contributed by atoms with Crippen LogP contribution >= 0.6 is 34.8 Å². The fourth-order valence-corrected chi connectivity index (χ4v) is 5.59. The number of hydrogen-bond acceptors (Lipinski definition) is 8. The van der Waals surface area contributed by atoms with E-state index in [0.29, 0.717) is 0 Å². The van der Waals surface area contributed by atoms with E-state index in [1.54, 1.807) is 32.9 Å². The second-order valence-corrected chi connectivity index (χ2v) is 14.3. The molecule has 1 N–H and O–H groups in total. The summed E-state index contributed by atoms with van der Waals surface area (Å²) in [5, 5.41) is 2.69. The normalized spacial score (nSPS) is 20.8. The second-order valence-electron chi connectivity index (χ2n) is 12.0. The molecule has 2 amide bonds. The zero-order valence-electron chi connectivity index (χ0n) is 25.8. The van der Waals surface area contributed by atoms with Crippen LogP contribution in [0.3, 0.4) is 0 Å². The van der Waals surface area contributed by atoms with E-state index in [4.69, 9.17) is 53.8 Å². The number of nitrogens with one attached hydrogen (secondary N) is 1. The maximum Gasteiger partial charge on any atom is 0.412 e. The largest absolute Gasteiger partial charge is 0.468 e. The SMILES string of the molecule is CC(C)(C)OC(=O)N1C[C@H](C(=O)OC(c2ccccc2)c2ccccc2)[C@@H]2N=C(C(Cl)(Cl)Cl)O[C@@H]2[C@H]1NC(=O)OCc1ccccc1. The number of rotatable bonds is 7. The quantitative estimate of drug-likeness (QED) is 0.161. The van der Waals surface area contributed by atoms with Crippen LogP contribution < -0.4 is 5.32 Å². The monoisotopic (exact) mass is 701 g/mol. The molecule has 248 valence electrons. The number of carbonyl (C=O) groups is 3. The molecule has 2 aliphatic rings. The van der Waals surface area contributed by atoms with Gasteiger partial charge in [0, 0.05) is 6.54 Å². The van der Waals surface area contributed by atoms with Gasteiger partial charge in [-0.05, 0) is 37.5 Å². The van der Waals surface area contributed by atoms with E-state index < -0.39 is 57.9 Å². The van der Waals surface area contributed by atoms with Crippen LogP contribution in [0.15, 0.2) is 96.0 Å². The lowest BCUT2D eigenvalue weighted by Gasteiger charge is -2.44. The van der Waals surface area contributed by atoms with Crippen LogP contribution in [0, 0.1) is 5.92 Å². The predicted molar refractivity (Wildman–Crippen MR) is 177 cm³/mol. The minimum atomic E-state index is -2.10. The lowest BCUT2D eigenvalue weighted by Crippen LogP contribution is -2.67. The number of amides is 2. The molecule has 1 saturated heterocycles. The van der Waals surface area contributed by atoms with Crippen LogP contribution in [0.2, 0.25) is 0 Å². The smallest absolute Gasteiger partial charge is 0.412 e. The zero-order chi connectivity index (χ0) is 33.8. The molecule has 5 rings (SSSR count). The maximum atomic E-state index is 14.2. The number of likely N-dealkylation sites (tertiary alicyclic amines) is 1. The van der Waals surface area contributed by atoms with Gasteiger partial charge in [0.1, 0.15) is 30.3 Å². The van der Waals surface area contributed by atoms with Crippen molar-refractivity contribution in [2.45, 2.75) is 61.2 Å². The highest BCUT2D eigenvalue weighted by atomic mass is 35.6. The number of alkyl carbamates (subject to hydrolysis) is 1. The van der Waals surface area contributed by atoms with E-state index in [9.17, 15) is 14.4 Å². The molecular formula is C34H34Cl3N3O7. The number of piperidine rings is 1. The average molecular weight is 703 g/mol. The van der Waals surface area contributed by atoms with Crippen molar-refractivity contribution in [3.05, 3.63) is 108 Å². The molecule has 0 spiro atoms. The molecule has 0 aromatic heterocycles. The van der Waals surface area contributed by atoms with Gasteiger partial charge >= 0.3 is 18.2 Å². The minimum absolute atomic E-state index is 0.0357. The lowest BCUT2D eigenvalue weighted by molar-refractivity contribution is -0.158. The van der Waals surface area contributed by atoms with Gasteiger partial charge in [-0.3, -0.25) is 15.0 Å². The molecule has 2 heterocycles. The first kappa shape index (κ1) is 34.3. The summed E-state index contributed by atoms with van der Waals surface area (Å²) >= 11 is 18.5. The van der Waals surface area contributed by atoms with Gasteiger partial charge < -0.3 is 18.9 Å². The Morgan fingerprint density at radius 1 is 0.915 bits per heavy atom. The van der Waals surface area contributed by atoms with Crippen LogP contribution in [0.1, 0.15) is 43.6 Å². The molecule has 3 aromatic rings. The highest BCUT2D eigenvalue weighted by Gasteiger charge is 2.57. The molecule has 0 radical (unpaired) electrons. The third-order valence-electron chi connectivity index (χ3n) is 7.39. The number of alkyl halides is 3. The Hall–Kier alpha value is -3.99. The Labute approximate surface area is 287 Å². The minimum Gasteiger partial charge on any atom is -0.468 e. The number of benzene rings is 3. The summed E-state index contributed by atoms with van der Waals surface area (Å²) in [5.74, 6) is -2.09. The number of esters is 1. The Bertz CT molecular complexity index is 1540. The maximum absolute atomic E-state index is 14.2. The van der Waals surface area contributed by atoms with Crippen molar-refractivity contribution in [1.29, 1.82) is 0 Å². The van der Waals surface area contributed by atoms with Crippen molar-refractivity contribution >= 4 is 58.9 Å². The van der Waals surface area contributed by atoms with Crippen molar-refractivity contribution in [2.75, 3.05) is 6.54 Å². The number of hydrogen-bond donors (Lipinski definition) is 1. The van der Waals surface area contributed by atoms with Gasteiger partial charge in [-0.15, -0.1) is 0 Å². The van der Waals surface area contributed by atoms with Gasteiger partial charge in [-0.1, -0.05) is 126 Å². The van der Waals surface area contributed by atoms with Crippen molar-refractivity contribution in [3.8, 4) is 0 Å². The molecule has 4 atom stereocenters. The Balaban J connectivity index is 1.47. The highest BCUT2D eigenvalue weighted by molar-refractivity contribution is 6.76. The Morgan fingerprint density at radius 3 is 2.00 bits per heavy atom. The second kappa shape index (κ2) is 14.4. The van der Waals surface area contributed by atoms with E-state index in [2.05, 4.69) is 10.3 Å². The summed E-state index contributed by atoms with van der Waals surface area (Å²) < 4.78 is 21.2. The van der Waals surface area contributed by atoms with E-state index in [0.717, 1.165) is 16.7 Å². The number of fused-ring (bicyclic) bond motifs is 1. The van der Waals surface area contributed by atoms with Gasteiger partial charge in [0.05, 0.1) is 0 Å². The standard InChI is InChI=1S/C34H34Cl3N3O7/c1-33(2,3)47-32(43)40-19-24(29(41)45-26(22-15-9-5-10-16-22)23-17-11-6-12-18-23)25-27(46-30(38-25)34(35,36)37)28(40)39-31(42)44-20-21-13-7-4-8-14-21/h4-18,24-28H,19-20H2,1-3H3,(H,39,42)/t24-,25-,27-,28-/m0/s1. The fraction of sp³-hybridized carbons (Fsp3) is 0.353. The predicted octanol–water partition coefficient (Wildman–Crippen LogP) is 6.97. The Morgan fingerprint density at radius 2 is 1.47 bits per heavy atom. The van der Waals surface area contributed by atoms with Gasteiger partial charge in [-0.2, -0.15) is 0 Å². The molecular weight excluding hydrogens is 669 g/mol. The van der Waals surface area contributed by atoms with Gasteiger partial charge in [0.2, 0.25) is 5.90 Å². The van der Waals surface area contributed by atoms with Crippen molar-refractivity contribution in [1.82, 2.24) is 10.2 Å². The van der Waals surface area contributed by atoms with Crippen LogP contribution in [0.4, 0.5) is 9.59 Å². The van der Waals surface area contributed by atoms with E-state index >= 15 is 0 Å². The molecule has 2 aliphatic heterocycles. The lowest BCUT2D eigenvalue weighted by atomic mass is 9.88. The average Bonchev–Trinajstić information content (AvgIpc) is 3.50. The summed E-state index contributed by atoms with van der Waals surface area (Å²) in [4.78, 5) is 46.6. The molecule has 0 unspecified atom stereocenters. The molecule has 47 heavy (non-hydrogen) atoms. The molecule has 3 aromatic carbocycles. The summed E-state index contributed by atoms with van der Waals surface area (Å²) in [6.07, 6.45) is -4.85. The highest BCUT2D eigenvalue weighted by Crippen LogP contribution is 2.40.